The molecule has 0 bridgehead atoms. The summed E-state index contributed by atoms with van der Waals surface area (Å²) in [6, 6.07) is 55.6. The molecule has 0 saturated carbocycles. The summed E-state index contributed by atoms with van der Waals surface area (Å²) in [6.07, 6.45) is 18.8. The topological polar surface area (TPSA) is 19.6 Å². The molecule has 8 aromatic carbocycles. The molecule has 3 nitrogen and oxygen atoms in total. The lowest BCUT2D eigenvalue weighted by molar-refractivity contribution is 0.590. The molecule has 0 saturated heterocycles. The number of rotatable bonds is 8. The van der Waals surface area contributed by atoms with E-state index in [0.717, 1.165) is 81.7 Å². The maximum absolute atomic E-state index is 7.51. The van der Waals surface area contributed by atoms with Gasteiger partial charge >= 0.3 is 0 Å². The maximum Gasteiger partial charge on any atom is 0.145 e. The minimum absolute atomic E-state index is 0.00396. The number of aryl methyl sites for hydroxylation is 4. The van der Waals surface area contributed by atoms with Crippen molar-refractivity contribution < 1.29 is 4.42 Å². The summed E-state index contributed by atoms with van der Waals surface area (Å²) in [5.41, 5.74) is 23.0. The third-order valence-corrected chi connectivity index (χ3v) is 16.0. The van der Waals surface area contributed by atoms with Crippen LogP contribution in [0.5, 0.6) is 0 Å². The van der Waals surface area contributed by atoms with E-state index in [-0.39, 0.29) is 10.8 Å². The molecule has 3 heteroatoms. The predicted molar refractivity (Wildman–Crippen MR) is 316 cm³/mol. The fourth-order valence-electron chi connectivity index (χ4n) is 12.7. The third kappa shape index (κ3) is 7.78. The molecule has 0 fully saturated rings. The number of benzene rings is 8. The normalized spacial score (nSPS) is 15.1. The Labute approximate surface area is 438 Å². The second-order valence-corrected chi connectivity index (χ2v) is 23.5. The van der Waals surface area contributed by atoms with Gasteiger partial charge in [-0.3, -0.25) is 0 Å². The van der Waals surface area contributed by atoms with Gasteiger partial charge in [0.15, 0.2) is 0 Å². The Kier molecular flexibility index (Phi) is 11.4. The third-order valence-electron chi connectivity index (χ3n) is 16.0. The van der Waals surface area contributed by atoms with Gasteiger partial charge in [-0.1, -0.05) is 157 Å². The number of furan rings is 1. The second kappa shape index (κ2) is 17.8. The van der Waals surface area contributed by atoms with Gasteiger partial charge in [0.05, 0.1) is 22.2 Å². The first-order chi connectivity index (χ1) is 35.6. The number of hydrogen-bond acceptors (Lipinski definition) is 3. The van der Waals surface area contributed by atoms with Gasteiger partial charge in [-0.05, 0) is 198 Å². The van der Waals surface area contributed by atoms with Crippen LogP contribution in [0.15, 0.2) is 198 Å². The summed E-state index contributed by atoms with van der Waals surface area (Å²) in [5.74, 6) is 0. The van der Waals surface area contributed by atoms with E-state index in [9.17, 15) is 0 Å². The standard InChI is InChI=1S/C71H68N2O/c1-45-37-46(2)40-55(39-45)72(53-33-29-49(30-34-53)69(5,6)7)62-43-60-65(58-26-18-17-25-57(58)62)67-61(71(60,51-21-13-11-14-22-51)52-23-15-12-16-24-52)44-63(66-59-27-19-20-28-64(59)74-68(66)67)73(56-41-47(3)38-48(4)42-56)54-35-31-50(32-36-54)70(8,9)10/h13,15,17-44H,11-12,14,16H2,1-10H3. The van der Waals surface area contributed by atoms with E-state index >= 15 is 0 Å². The van der Waals surface area contributed by atoms with Crippen LogP contribution in [0.4, 0.5) is 34.1 Å². The number of hydrogen-bond donors (Lipinski definition) is 0. The predicted octanol–water partition coefficient (Wildman–Crippen LogP) is 20.3. The average molecular weight is 965 g/mol. The van der Waals surface area contributed by atoms with Crippen molar-refractivity contribution in [3.8, 4) is 11.1 Å². The maximum atomic E-state index is 7.51. The Bertz CT molecular complexity index is 3760. The zero-order valence-corrected chi connectivity index (χ0v) is 45.0. The summed E-state index contributed by atoms with van der Waals surface area (Å²) < 4.78 is 7.51. The van der Waals surface area contributed by atoms with E-state index in [1.807, 2.05) is 0 Å². The van der Waals surface area contributed by atoms with Crippen LogP contribution in [0, 0.1) is 27.7 Å². The van der Waals surface area contributed by atoms with E-state index in [2.05, 4.69) is 261 Å². The van der Waals surface area contributed by atoms with Crippen molar-refractivity contribution in [1.82, 2.24) is 0 Å². The van der Waals surface area contributed by atoms with Crippen LogP contribution in [0.2, 0.25) is 0 Å². The Morgan fingerprint density at radius 3 is 1.36 bits per heavy atom. The number of fused-ring (bicyclic) bond motifs is 9. The van der Waals surface area contributed by atoms with Gasteiger partial charge in [0.25, 0.3) is 0 Å². The van der Waals surface area contributed by atoms with Gasteiger partial charge in [0, 0.05) is 39.1 Å². The number of anilines is 6. The van der Waals surface area contributed by atoms with Crippen LogP contribution in [0.1, 0.15) is 112 Å². The van der Waals surface area contributed by atoms with Gasteiger partial charge in [0.2, 0.25) is 0 Å². The first-order valence-electron chi connectivity index (χ1n) is 26.9. The monoisotopic (exact) mass is 965 g/mol. The highest BCUT2D eigenvalue weighted by molar-refractivity contribution is 6.22. The van der Waals surface area contributed by atoms with Crippen molar-refractivity contribution in [2.45, 2.75) is 111 Å². The van der Waals surface area contributed by atoms with Gasteiger partial charge < -0.3 is 14.2 Å². The summed E-state index contributed by atoms with van der Waals surface area (Å²) in [6.45, 7) is 22.7. The Balaban J connectivity index is 1.26. The summed E-state index contributed by atoms with van der Waals surface area (Å²) >= 11 is 0. The van der Waals surface area contributed by atoms with Crippen LogP contribution >= 0.6 is 0 Å². The van der Waals surface area contributed by atoms with Crippen LogP contribution in [-0.2, 0) is 16.2 Å². The minimum atomic E-state index is -0.701. The Morgan fingerprint density at radius 2 is 0.878 bits per heavy atom. The molecule has 9 aromatic rings. The lowest BCUT2D eigenvalue weighted by atomic mass is 9.64. The summed E-state index contributed by atoms with van der Waals surface area (Å²) in [5, 5.41) is 4.63. The SMILES string of the molecule is Cc1cc(C)cc(N(c2ccc(C(C)(C)C)cc2)c2cc3c(c4ccccc24)-c2c(cc(N(c4ccc(C(C)(C)C)cc4)c4cc(C)cc(C)c4)c4c2oc2ccccc24)C3(C2=CCCC=C2)C2=CCCC=C2)c1. The van der Waals surface area contributed by atoms with Crippen molar-refractivity contribution in [3.05, 3.63) is 238 Å². The fourth-order valence-corrected chi connectivity index (χ4v) is 12.7. The van der Waals surface area contributed by atoms with Gasteiger partial charge in [-0.2, -0.15) is 0 Å². The van der Waals surface area contributed by atoms with Crippen molar-refractivity contribution >= 4 is 66.8 Å². The molecule has 3 aliphatic carbocycles. The lowest BCUT2D eigenvalue weighted by Gasteiger charge is -2.39. The zero-order chi connectivity index (χ0) is 51.3. The van der Waals surface area contributed by atoms with Crippen molar-refractivity contribution in [2.75, 3.05) is 9.80 Å². The highest BCUT2D eigenvalue weighted by Gasteiger charge is 2.51. The van der Waals surface area contributed by atoms with Crippen molar-refractivity contribution in [2.24, 2.45) is 0 Å². The van der Waals surface area contributed by atoms with E-state index in [1.54, 1.807) is 0 Å². The quantitative estimate of drug-likeness (QED) is 0.151. The molecular formula is C71H68N2O. The molecular weight excluding hydrogens is 897 g/mol. The Morgan fingerprint density at radius 1 is 0.432 bits per heavy atom. The van der Waals surface area contributed by atoms with E-state index in [0.29, 0.717) is 0 Å². The highest BCUT2D eigenvalue weighted by Crippen LogP contribution is 2.65. The van der Waals surface area contributed by atoms with Gasteiger partial charge in [-0.25, -0.2) is 0 Å². The van der Waals surface area contributed by atoms with Gasteiger partial charge in [0.1, 0.15) is 11.2 Å². The molecule has 0 aliphatic heterocycles. The van der Waals surface area contributed by atoms with E-state index in [4.69, 9.17) is 4.42 Å². The average Bonchev–Trinajstić information content (AvgIpc) is 3.97. The minimum Gasteiger partial charge on any atom is -0.455 e. The molecule has 12 rings (SSSR count). The number of allylic oxidation sites excluding steroid dienone is 8. The molecule has 0 amide bonds. The van der Waals surface area contributed by atoms with E-state index < -0.39 is 5.41 Å². The zero-order valence-electron chi connectivity index (χ0n) is 45.0. The number of para-hydroxylation sites is 1. The Hall–Kier alpha value is -7.62. The first-order valence-corrected chi connectivity index (χ1v) is 26.9. The molecule has 1 aromatic heterocycles. The largest absolute Gasteiger partial charge is 0.455 e. The van der Waals surface area contributed by atoms with E-state index in [1.165, 1.54) is 77.6 Å². The van der Waals surface area contributed by atoms with Crippen LogP contribution in [0.3, 0.4) is 0 Å². The molecule has 1 heterocycles. The summed E-state index contributed by atoms with van der Waals surface area (Å²) in [7, 11) is 0. The summed E-state index contributed by atoms with van der Waals surface area (Å²) in [4.78, 5) is 5.05. The molecule has 0 unspecified atom stereocenters. The smallest absolute Gasteiger partial charge is 0.145 e. The van der Waals surface area contributed by atoms with Crippen LogP contribution in [0.25, 0.3) is 43.8 Å². The van der Waals surface area contributed by atoms with Crippen LogP contribution in [-0.4, -0.2) is 0 Å². The molecule has 0 radical (unpaired) electrons. The highest BCUT2D eigenvalue weighted by atomic mass is 16.3. The first kappa shape index (κ1) is 47.4. The molecule has 368 valence electrons. The van der Waals surface area contributed by atoms with Crippen molar-refractivity contribution in [3.63, 3.8) is 0 Å². The number of nitrogens with zero attached hydrogens (tertiary/aromatic N) is 2. The molecule has 0 spiro atoms. The molecule has 74 heavy (non-hydrogen) atoms. The molecule has 0 atom stereocenters. The molecule has 3 aliphatic rings. The van der Waals surface area contributed by atoms with Gasteiger partial charge in [-0.15, -0.1) is 0 Å². The van der Waals surface area contributed by atoms with Crippen LogP contribution < -0.4 is 9.80 Å². The van der Waals surface area contributed by atoms with Crippen molar-refractivity contribution in [1.29, 1.82) is 0 Å². The second-order valence-electron chi connectivity index (χ2n) is 23.5. The fraction of sp³-hybridized carbons (Fsp3) is 0.239. The lowest BCUT2D eigenvalue weighted by Crippen LogP contribution is -2.31. The molecule has 0 N–H and O–H groups in total.